The summed E-state index contributed by atoms with van der Waals surface area (Å²) < 4.78 is 11.5. The Labute approximate surface area is 331 Å². The Hall–Kier alpha value is -3.83. The predicted molar refractivity (Wildman–Crippen MR) is 221 cm³/mol. The number of hydrogen-bond donors (Lipinski definition) is 7. The molecule has 1 fully saturated rings. The summed E-state index contributed by atoms with van der Waals surface area (Å²) in [5, 5.41) is 8.35. The number of likely N-dealkylation sites (N-methyl/N-ethyl adjacent to an activating group) is 2. The number of amidine groups is 1. The largest absolute Gasteiger partial charge is 0.379 e. The zero-order valence-electron chi connectivity index (χ0n) is 35.7. The molecule has 318 valence electrons. The predicted octanol–water partition coefficient (Wildman–Crippen LogP) is 1.84. The van der Waals surface area contributed by atoms with Gasteiger partial charge in [-0.05, 0) is 51.5 Å². The van der Waals surface area contributed by atoms with Gasteiger partial charge in [0.2, 0.25) is 24.1 Å². The number of amides is 4. The van der Waals surface area contributed by atoms with Gasteiger partial charge in [-0.15, -0.1) is 0 Å². The topological polar surface area (TPSA) is 246 Å². The first kappa shape index (κ1) is 53.3. The minimum Gasteiger partial charge on any atom is -0.379 e. The van der Waals surface area contributed by atoms with Gasteiger partial charge in [0.25, 0.3) is 0 Å². The highest BCUT2D eigenvalue weighted by atomic mass is 16.5. The molecule has 0 radical (unpaired) electrons. The van der Waals surface area contributed by atoms with Crippen LogP contribution in [0.1, 0.15) is 86.1 Å². The van der Waals surface area contributed by atoms with Crippen molar-refractivity contribution in [3.8, 4) is 0 Å². The Morgan fingerprint density at radius 1 is 1.04 bits per heavy atom. The lowest BCUT2D eigenvalue weighted by atomic mass is 9.90. The minimum atomic E-state index is -0.365. The van der Waals surface area contributed by atoms with Gasteiger partial charge in [0.15, 0.2) is 5.84 Å². The Kier molecular flexibility index (Phi) is 29.4. The van der Waals surface area contributed by atoms with Gasteiger partial charge < -0.3 is 52.6 Å². The number of nitrogens with two attached hydrogens (primary N) is 4. The lowest BCUT2D eigenvalue weighted by Gasteiger charge is -2.39. The molecule has 1 aromatic rings. The summed E-state index contributed by atoms with van der Waals surface area (Å²) in [4.78, 5) is 49.9. The molecule has 7 atom stereocenters. The number of ether oxygens (including phenoxy) is 2. The van der Waals surface area contributed by atoms with Crippen molar-refractivity contribution in [3.05, 3.63) is 35.9 Å². The van der Waals surface area contributed by atoms with Crippen molar-refractivity contribution in [2.24, 2.45) is 46.0 Å². The summed E-state index contributed by atoms with van der Waals surface area (Å²) >= 11 is 0. The number of hydrazine groups is 1. The lowest BCUT2D eigenvalue weighted by Crippen LogP contribution is -2.52. The van der Waals surface area contributed by atoms with Crippen LogP contribution in [0, 0.1) is 24.7 Å². The van der Waals surface area contributed by atoms with E-state index in [0.717, 1.165) is 25.8 Å². The van der Waals surface area contributed by atoms with E-state index in [1.54, 1.807) is 33.2 Å². The molecule has 2 rings (SSSR count). The number of hydrogen-bond acceptors (Lipinski definition) is 11. The molecule has 0 saturated carbocycles. The van der Waals surface area contributed by atoms with E-state index in [2.05, 4.69) is 67.9 Å². The fourth-order valence-electron chi connectivity index (χ4n) is 6.39. The highest BCUT2D eigenvalue weighted by molar-refractivity contribution is 5.84. The van der Waals surface area contributed by atoms with Crippen LogP contribution >= 0.6 is 0 Å². The molecule has 0 bridgehead atoms. The molecule has 16 nitrogen and oxygen atoms in total. The molecule has 4 amide bonds. The zero-order valence-corrected chi connectivity index (χ0v) is 35.7. The molecule has 0 aliphatic carbocycles. The van der Waals surface area contributed by atoms with E-state index in [9.17, 15) is 19.2 Å². The van der Waals surface area contributed by atoms with E-state index in [1.165, 1.54) is 5.56 Å². The van der Waals surface area contributed by atoms with Crippen molar-refractivity contribution in [2.45, 2.75) is 124 Å². The number of hydrazone groups is 1. The minimum absolute atomic E-state index is 0.0110. The number of likely N-dealkylation sites (tertiary alicyclic amines) is 1. The van der Waals surface area contributed by atoms with Crippen LogP contribution in [-0.2, 0) is 28.7 Å². The van der Waals surface area contributed by atoms with Crippen molar-refractivity contribution in [3.63, 3.8) is 0 Å². The van der Waals surface area contributed by atoms with Crippen LogP contribution in [0.15, 0.2) is 35.4 Å². The molecule has 0 spiro atoms. The third-order valence-electron chi connectivity index (χ3n) is 9.45. The second-order valence-electron chi connectivity index (χ2n) is 14.6. The maximum absolute atomic E-state index is 13.3. The summed E-state index contributed by atoms with van der Waals surface area (Å²) in [6.45, 7) is 17.2. The molecule has 1 aliphatic heterocycles. The first-order chi connectivity index (χ1) is 25.9. The molecule has 1 heterocycles. The maximum atomic E-state index is 13.3. The molecule has 16 heteroatoms. The average Bonchev–Trinajstić information content (AvgIpc) is 3.62. The number of nitrogens with one attached hydrogen (secondary N) is 3. The van der Waals surface area contributed by atoms with Gasteiger partial charge in [0, 0.05) is 40.3 Å². The zero-order chi connectivity index (χ0) is 42.7. The molecule has 1 saturated heterocycles. The number of benzene rings is 1. The maximum Gasteiger partial charge on any atom is 0.234 e. The Balaban J connectivity index is 0. The molecule has 7 unspecified atom stereocenters. The van der Waals surface area contributed by atoms with Crippen molar-refractivity contribution in [1.82, 2.24) is 25.9 Å². The summed E-state index contributed by atoms with van der Waals surface area (Å²) in [6.07, 6.45) is 3.57. The fraction of sp³-hybridized carbons (Fsp3) is 0.718. The summed E-state index contributed by atoms with van der Waals surface area (Å²) in [7, 11) is 6.89. The first-order valence-corrected chi connectivity index (χ1v) is 19.2. The highest BCUT2D eigenvalue weighted by Gasteiger charge is 2.39. The van der Waals surface area contributed by atoms with Crippen molar-refractivity contribution in [1.29, 1.82) is 0 Å². The second-order valence-corrected chi connectivity index (χ2v) is 14.6. The summed E-state index contributed by atoms with van der Waals surface area (Å²) in [5.41, 5.74) is 14.4. The summed E-state index contributed by atoms with van der Waals surface area (Å²) in [6, 6.07) is 9.79. The van der Waals surface area contributed by atoms with Gasteiger partial charge in [-0.3, -0.25) is 19.2 Å². The van der Waals surface area contributed by atoms with Crippen molar-refractivity contribution >= 4 is 30.0 Å². The smallest absolute Gasteiger partial charge is 0.234 e. The van der Waals surface area contributed by atoms with Gasteiger partial charge in [0.05, 0.1) is 43.3 Å². The number of rotatable bonds is 18. The number of nitrogens with zero attached hydrogens (tertiary/aromatic N) is 3. The normalized spacial score (nSPS) is 17.1. The average molecular weight is 781 g/mol. The number of carbonyl (C=O) groups excluding carboxylic acids is 4. The van der Waals surface area contributed by atoms with Gasteiger partial charge in [0.1, 0.15) is 0 Å². The van der Waals surface area contributed by atoms with E-state index in [4.69, 9.17) is 32.6 Å². The molecule has 0 aromatic heterocycles. The highest BCUT2D eigenvalue weighted by Crippen LogP contribution is 2.29. The molecular weight excluding hydrogens is 704 g/mol. The van der Waals surface area contributed by atoms with Gasteiger partial charge >= 0.3 is 0 Å². The standard InChI is InChI=1S/C23H45N3O4.C7H8.C6H14N2O.C3H9N5O/c1-9-16(4)22(25(6)20(27)13-17(5)24)19(29-7)14-21(28)26-12-10-11-18(26)23(30-8)15(2)3;1-7-5-3-2-4-6-7;1-4(2)5(8-3)6(7)9;4-7-3(8-5)1-6-2-9/h15-19,22-23H,9-14,24H2,1-8H3;2-6H,1H3;4-5,8H,1-3H3,(H2,7,9);2H,1,4-5H2,(H,6,9)(H,7,8). The lowest BCUT2D eigenvalue weighted by molar-refractivity contribution is -0.144. The monoisotopic (exact) mass is 781 g/mol. The van der Waals surface area contributed by atoms with Crippen LogP contribution in [0.3, 0.4) is 0 Å². The van der Waals surface area contributed by atoms with E-state index in [0.29, 0.717) is 18.2 Å². The fourth-order valence-corrected chi connectivity index (χ4v) is 6.39. The van der Waals surface area contributed by atoms with E-state index >= 15 is 0 Å². The van der Waals surface area contributed by atoms with Crippen LogP contribution < -0.4 is 39.2 Å². The molecule has 1 aromatic carbocycles. The molecule has 1 aliphatic rings. The quantitative estimate of drug-likeness (QED) is 0.0373. The van der Waals surface area contributed by atoms with Crippen LogP contribution in [0.25, 0.3) is 0 Å². The SMILES string of the molecule is CCC(C)C(C(CC(=O)N1CCCC1C(OC)C(C)C)OC)N(C)C(=O)CC(C)N.CNC(C(N)=O)C(C)C.Cc1ccccc1.N/N=C(/CNC=O)NN. The van der Waals surface area contributed by atoms with Gasteiger partial charge in [-0.1, -0.05) is 83.9 Å². The van der Waals surface area contributed by atoms with Crippen LogP contribution in [0.2, 0.25) is 0 Å². The number of methoxy groups -OCH3 is 2. The Morgan fingerprint density at radius 3 is 1.98 bits per heavy atom. The molecule has 11 N–H and O–H groups in total. The molecular formula is C39H76N10O6. The molecule has 55 heavy (non-hydrogen) atoms. The number of carbonyl (C=O) groups is 4. The van der Waals surface area contributed by atoms with E-state index < -0.39 is 0 Å². The van der Waals surface area contributed by atoms with Crippen molar-refractivity contribution in [2.75, 3.05) is 41.4 Å². The van der Waals surface area contributed by atoms with E-state index in [-0.39, 0.29) is 85.3 Å². The Morgan fingerprint density at radius 2 is 1.64 bits per heavy atom. The number of aryl methyl sites for hydroxylation is 1. The second kappa shape index (κ2) is 30.4. The Bertz CT molecular complexity index is 1220. The van der Waals surface area contributed by atoms with Crippen LogP contribution in [0.4, 0.5) is 0 Å². The van der Waals surface area contributed by atoms with Crippen molar-refractivity contribution < 1.29 is 28.7 Å². The summed E-state index contributed by atoms with van der Waals surface area (Å²) in [5.74, 6) is 10.6. The van der Waals surface area contributed by atoms with Crippen LogP contribution in [0.5, 0.6) is 0 Å². The van der Waals surface area contributed by atoms with Gasteiger partial charge in [-0.25, -0.2) is 5.84 Å². The third kappa shape index (κ3) is 21.2. The first-order valence-electron chi connectivity index (χ1n) is 19.2. The van der Waals surface area contributed by atoms with Crippen LogP contribution in [-0.4, -0.2) is 118 Å². The van der Waals surface area contributed by atoms with E-state index in [1.807, 2.05) is 43.9 Å². The number of primary amides is 1. The van der Waals surface area contributed by atoms with Gasteiger partial charge in [-0.2, -0.15) is 5.10 Å². The third-order valence-corrected chi connectivity index (χ3v) is 9.45.